The van der Waals surface area contributed by atoms with E-state index < -0.39 is 8.24 Å². The van der Waals surface area contributed by atoms with Gasteiger partial charge in [0.1, 0.15) is 14.1 Å². The Bertz CT molecular complexity index is 786. The Morgan fingerprint density at radius 2 is 1.58 bits per heavy atom. The van der Waals surface area contributed by atoms with Crippen LogP contribution in [-0.4, -0.2) is 13.8 Å². The first-order valence-electron chi connectivity index (χ1n) is 8.54. The van der Waals surface area contributed by atoms with Crippen LogP contribution < -0.4 is 4.98 Å². The Kier molecular flexibility index (Phi) is 4.26. The van der Waals surface area contributed by atoms with Crippen LogP contribution in [0.5, 0.6) is 0 Å². The maximum Gasteiger partial charge on any atom is 0.131 e. The van der Waals surface area contributed by atoms with Crippen molar-refractivity contribution in [3.05, 3.63) is 71.0 Å². The Labute approximate surface area is 145 Å². The van der Waals surface area contributed by atoms with Crippen LogP contribution in [0, 0.1) is 5.82 Å². The van der Waals surface area contributed by atoms with Gasteiger partial charge in [0.05, 0.1) is 0 Å². The molecule has 2 aromatic carbocycles. The molecule has 1 unspecified atom stereocenters. The molecular weight excluding hydrogens is 313 g/mol. The van der Waals surface area contributed by atoms with Crippen molar-refractivity contribution in [2.24, 2.45) is 0 Å². The molecule has 0 aromatic heterocycles. The first-order valence-corrected chi connectivity index (χ1v) is 11.6. The standard InChI is InChI=1S/C21H26FNSi/c1-21(2,3)23-24(4,5)20-16-11-7-6-10-15(16)14-18(20)17-12-8-9-13-19(17)22/h6-14,20,23H,1-5H3. The molecule has 1 nitrogen and oxygen atoms in total. The number of hydrogen-bond acceptors (Lipinski definition) is 1. The van der Waals surface area contributed by atoms with Gasteiger partial charge in [-0.3, -0.25) is 0 Å². The fourth-order valence-corrected chi connectivity index (χ4v) is 8.20. The highest BCUT2D eigenvalue weighted by molar-refractivity contribution is 6.78. The van der Waals surface area contributed by atoms with E-state index in [1.165, 1.54) is 11.1 Å². The highest BCUT2D eigenvalue weighted by atomic mass is 28.3. The highest BCUT2D eigenvalue weighted by Crippen LogP contribution is 2.47. The van der Waals surface area contributed by atoms with Gasteiger partial charge in [0.25, 0.3) is 0 Å². The molecular formula is C21H26FNSi. The zero-order valence-electron chi connectivity index (χ0n) is 15.2. The number of nitrogens with one attached hydrogen (secondary N) is 1. The third kappa shape index (κ3) is 3.24. The average Bonchev–Trinajstić information content (AvgIpc) is 2.85. The summed E-state index contributed by atoms with van der Waals surface area (Å²) in [7, 11) is -1.91. The molecule has 0 fully saturated rings. The summed E-state index contributed by atoms with van der Waals surface area (Å²) in [6, 6.07) is 15.6. The van der Waals surface area contributed by atoms with E-state index in [-0.39, 0.29) is 16.9 Å². The second kappa shape index (κ2) is 5.98. The van der Waals surface area contributed by atoms with Gasteiger partial charge < -0.3 is 4.98 Å². The largest absolute Gasteiger partial charge is 0.332 e. The molecule has 24 heavy (non-hydrogen) atoms. The predicted octanol–water partition coefficient (Wildman–Crippen LogP) is 5.60. The third-order valence-corrected chi connectivity index (χ3v) is 7.99. The molecule has 1 atom stereocenters. The number of hydrogen-bond donors (Lipinski definition) is 1. The summed E-state index contributed by atoms with van der Waals surface area (Å²) in [5.41, 5.74) is 4.66. The Hall–Kier alpha value is -1.71. The van der Waals surface area contributed by atoms with Crippen molar-refractivity contribution >= 4 is 19.9 Å². The monoisotopic (exact) mass is 339 g/mol. The van der Waals surface area contributed by atoms with Gasteiger partial charge in [-0.05, 0) is 43.5 Å². The fourth-order valence-electron chi connectivity index (χ4n) is 4.07. The van der Waals surface area contributed by atoms with Gasteiger partial charge in [-0.15, -0.1) is 0 Å². The molecule has 0 bridgehead atoms. The van der Waals surface area contributed by atoms with Crippen molar-refractivity contribution in [1.82, 2.24) is 4.98 Å². The Morgan fingerprint density at radius 1 is 0.958 bits per heavy atom. The second-order valence-electron chi connectivity index (χ2n) is 8.24. The molecule has 0 heterocycles. The van der Waals surface area contributed by atoms with Gasteiger partial charge in [-0.1, -0.05) is 61.6 Å². The zero-order chi connectivity index (χ0) is 17.5. The molecule has 0 radical (unpaired) electrons. The van der Waals surface area contributed by atoms with Gasteiger partial charge in [0, 0.05) is 16.6 Å². The van der Waals surface area contributed by atoms with Crippen LogP contribution in [0.15, 0.2) is 48.5 Å². The summed E-state index contributed by atoms with van der Waals surface area (Å²) in [6.45, 7) is 11.3. The lowest BCUT2D eigenvalue weighted by molar-refractivity contribution is 0.509. The van der Waals surface area contributed by atoms with Crippen molar-refractivity contribution in [3.63, 3.8) is 0 Å². The van der Waals surface area contributed by atoms with Crippen molar-refractivity contribution < 1.29 is 4.39 Å². The van der Waals surface area contributed by atoms with Gasteiger partial charge in [-0.25, -0.2) is 4.39 Å². The molecule has 1 aliphatic carbocycles. The molecule has 3 rings (SSSR count). The number of fused-ring (bicyclic) bond motifs is 1. The lowest BCUT2D eigenvalue weighted by Gasteiger charge is -2.39. The topological polar surface area (TPSA) is 12.0 Å². The van der Waals surface area contributed by atoms with Gasteiger partial charge in [-0.2, -0.15) is 0 Å². The summed E-state index contributed by atoms with van der Waals surface area (Å²) in [5, 5.41) is 0. The van der Waals surface area contributed by atoms with Crippen LogP contribution in [0.2, 0.25) is 13.1 Å². The minimum atomic E-state index is -1.91. The first-order chi connectivity index (χ1) is 11.2. The predicted molar refractivity (Wildman–Crippen MR) is 104 cm³/mol. The molecule has 0 aliphatic heterocycles. The molecule has 126 valence electrons. The summed E-state index contributed by atoms with van der Waals surface area (Å²) < 4.78 is 14.5. The third-order valence-electron chi connectivity index (χ3n) is 4.53. The van der Waals surface area contributed by atoms with Crippen molar-refractivity contribution in [2.45, 2.75) is 44.9 Å². The van der Waals surface area contributed by atoms with Crippen molar-refractivity contribution in [1.29, 1.82) is 0 Å². The number of halogens is 1. The van der Waals surface area contributed by atoms with Crippen LogP contribution in [0.25, 0.3) is 11.6 Å². The van der Waals surface area contributed by atoms with Crippen molar-refractivity contribution in [3.8, 4) is 0 Å². The van der Waals surface area contributed by atoms with Crippen LogP contribution in [0.1, 0.15) is 43.0 Å². The van der Waals surface area contributed by atoms with Gasteiger partial charge in [0.2, 0.25) is 0 Å². The number of allylic oxidation sites excluding steroid dienone is 1. The van der Waals surface area contributed by atoms with Crippen LogP contribution in [0.4, 0.5) is 4.39 Å². The fraction of sp³-hybridized carbons (Fsp3) is 0.333. The summed E-state index contributed by atoms with van der Waals surface area (Å²) in [6.07, 6.45) is 2.18. The molecule has 0 saturated heterocycles. The molecule has 0 spiro atoms. The Balaban J connectivity index is 2.13. The van der Waals surface area contributed by atoms with E-state index in [4.69, 9.17) is 0 Å². The molecule has 2 aromatic rings. The number of benzene rings is 2. The number of rotatable bonds is 3. The van der Waals surface area contributed by atoms with Crippen LogP contribution in [-0.2, 0) is 0 Å². The normalized spacial score (nSPS) is 17.6. The van der Waals surface area contributed by atoms with E-state index in [0.29, 0.717) is 0 Å². The molecule has 1 N–H and O–H groups in total. The van der Waals surface area contributed by atoms with E-state index in [9.17, 15) is 4.39 Å². The van der Waals surface area contributed by atoms with E-state index in [2.05, 4.69) is 69.2 Å². The molecule has 0 saturated carbocycles. The molecule has 3 heteroatoms. The quantitative estimate of drug-likeness (QED) is 0.718. The lowest BCUT2D eigenvalue weighted by atomic mass is 10.0. The van der Waals surface area contributed by atoms with Gasteiger partial charge >= 0.3 is 0 Å². The summed E-state index contributed by atoms with van der Waals surface area (Å²) >= 11 is 0. The minimum absolute atomic E-state index is 0.0353. The van der Waals surface area contributed by atoms with E-state index in [0.717, 1.165) is 11.1 Å². The average molecular weight is 340 g/mol. The van der Waals surface area contributed by atoms with Crippen LogP contribution >= 0.6 is 0 Å². The Morgan fingerprint density at radius 3 is 2.25 bits per heavy atom. The van der Waals surface area contributed by atoms with Crippen molar-refractivity contribution in [2.75, 3.05) is 0 Å². The van der Waals surface area contributed by atoms with E-state index >= 15 is 0 Å². The second-order valence-corrected chi connectivity index (χ2v) is 12.5. The molecule has 1 aliphatic rings. The smallest absolute Gasteiger partial charge is 0.131 e. The summed E-state index contributed by atoms with van der Waals surface area (Å²) in [4.78, 5) is 3.87. The van der Waals surface area contributed by atoms with Crippen LogP contribution in [0.3, 0.4) is 0 Å². The SMILES string of the molecule is CC(C)(C)N[Si](C)(C)C1C(c2ccccc2F)=Cc2ccccc21. The first kappa shape index (κ1) is 17.1. The zero-order valence-corrected chi connectivity index (χ0v) is 16.2. The lowest BCUT2D eigenvalue weighted by Crippen LogP contribution is -2.58. The molecule has 0 amide bonds. The maximum atomic E-state index is 14.5. The maximum absolute atomic E-state index is 14.5. The van der Waals surface area contributed by atoms with E-state index in [1.807, 2.05) is 12.1 Å². The minimum Gasteiger partial charge on any atom is -0.332 e. The highest BCUT2D eigenvalue weighted by Gasteiger charge is 2.42. The summed E-state index contributed by atoms with van der Waals surface area (Å²) in [5.74, 6) is -0.137. The van der Waals surface area contributed by atoms with Gasteiger partial charge in [0.15, 0.2) is 0 Å². The van der Waals surface area contributed by atoms with E-state index in [1.54, 1.807) is 12.1 Å².